The van der Waals surface area contributed by atoms with Crippen molar-refractivity contribution in [2.24, 2.45) is 5.41 Å². The fourth-order valence-electron chi connectivity index (χ4n) is 2.14. The van der Waals surface area contributed by atoms with Gasteiger partial charge in [0.05, 0.1) is 6.07 Å². The van der Waals surface area contributed by atoms with E-state index in [1.807, 2.05) is 27.7 Å². The van der Waals surface area contributed by atoms with Crippen molar-refractivity contribution in [2.75, 3.05) is 6.61 Å². The molecule has 0 aromatic heterocycles. The van der Waals surface area contributed by atoms with Gasteiger partial charge >= 0.3 is 0 Å². The van der Waals surface area contributed by atoms with Crippen LogP contribution in [0.25, 0.3) is 0 Å². The number of nitriles is 1. The number of hydrogen-bond acceptors (Lipinski definition) is 3. The number of aliphatic hydroxyl groups is 1. The van der Waals surface area contributed by atoms with Crippen molar-refractivity contribution in [3.63, 3.8) is 0 Å². The zero-order valence-corrected chi connectivity index (χ0v) is 12.0. The lowest BCUT2D eigenvalue weighted by atomic mass is 9.79. The Morgan fingerprint density at radius 1 is 1.22 bits per heavy atom. The summed E-state index contributed by atoms with van der Waals surface area (Å²) >= 11 is 0. The summed E-state index contributed by atoms with van der Waals surface area (Å²) in [5.74, 6) is -0.202. The number of carbonyl (C=O) groups is 1. The normalized spacial score (nSPS) is 12.0. The van der Waals surface area contributed by atoms with Crippen LogP contribution in [-0.2, 0) is 4.79 Å². The Hall–Kier alpha value is -1.08. The van der Waals surface area contributed by atoms with E-state index in [0.717, 1.165) is 12.8 Å². The zero-order valence-electron chi connectivity index (χ0n) is 12.0. The van der Waals surface area contributed by atoms with Crippen LogP contribution in [0.5, 0.6) is 0 Å². The minimum Gasteiger partial charge on any atom is -0.396 e. The van der Waals surface area contributed by atoms with E-state index < -0.39 is 11.0 Å². The van der Waals surface area contributed by atoms with E-state index in [1.165, 1.54) is 0 Å². The van der Waals surface area contributed by atoms with Gasteiger partial charge in [0, 0.05) is 12.1 Å². The largest absolute Gasteiger partial charge is 0.396 e. The van der Waals surface area contributed by atoms with Gasteiger partial charge in [0.1, 0.15) is 5.41 Å². The summed E-state index contributed by atoms with van der Waals surface area (Å²) in [6.07, 6.45) is 3.26. The van der Waals surface area contributed by atoms with Gasteiger partial charge < -0.3 is 10.4 Å². The molecule has 0 radical (unpaired) electrons. The van der Waals surface area contributed by atoms with E-state index >= 15 is 0 Å². The van der Waals surface area contributed by atoms with E-state index in [4.69, 9.17) is 5.11 Å². The van der Waals surface area contributed by atoms with Crippen LogP contribution in [0, 0.1) is 16.7 Å². The molecule has 0 rings (SSSR count). The second-order valence-electron chi connectivity index (χ2n) is 5.51. The van der Waals surface area contributed by atoms with Crippen LogP contribution >= 0.6 is 0 Å². The molecular formula is C14H26N2O2. The quantitative estimate of drug-likeness (QED) is 0.698. The van der Waals surface area contributed by atoms with Gasteiger partial charge in [-0.15, -0.1) is 0 Å². The molecule has 0 aliphatic carbocycles. The number of nitrogens with one attached hydrogen (secondary N) is 1. The van der Waals surface area contributed by atoms with E-state index in [1.54, 1.807) is 0 Å². The van der Waals surface area contributed by atoms with Crippen molar-refractivity contribution < 1.29 is 9.90 Å². The number of aliphatic hydroxyl groups excluding tert-OH is 1. The molecule has 0 bridgehead atoms. The lowest BCUT2D eigenvalue weighted by Gasteiger charge is -2.32. The molecule has 0 spiro atoms. The molecule has 104 valence electrons. The highest BCUT2D eigenvalue weighted by molar-refractivity contribution is 5.86. The maximum absolute atomic E-state index is 12.4. The topological polar surface area (TPSA) is 73.1 Å². The summed E-state index contributed by atoms with van der Waals surface area (Å²) in [6, 6.07) is 2.21. The average molecular weight is 254 g/mol. The molecule has 0 fully saturated rings. The van der Waals surface area contributed by atoms with Gasteiger partial charge in [-0.1, -0.05) is 26.7 Å². The summed E-state index contributed by atoms with van der Waals surface area (Å²) < 4.78 is 0. The summed E-state index contributed by atoms with van der Waals surface area (Å²) in [5, 5.41) is 21.2. The lowest BCUT2D eigenvalue weighted by molar-refractivity contribution is -0.130. The smallest absolute Gasteiger partial charge is 0.240 e. The SMILES string of the molecule is CCCC(C#N)(CCC)C(=O)NC(C)(C)CCO. The van der Waals surface area contributed by atoms with Crippen molar-refractivity contribution in [1.82, 2.24) is 5.32 Å². The molecule has 0 aromatic carbocycles. The molecular weight excluding hydrogens is 228 g/mol. The fraction of sp³-hybridized carbons (Fsp3) is 0.857. The Morgan fingerprint density at radius 3 is 2.06 bits per heavy atom. The van der Waals surface area contributed by atoms with E-state index in [2.05, 4.69) is 11.4 Å². The van der Waals surface area contributed by atoms with Crippen molar-refractivity contribution in [2.45, 2.75) is 65.3 Å². The van der Waals surface area contributed by atoms with Gasteiger partial charge in [-0.3, -0.25) is 4.79 Å². The molecule has 2 N–H and O–H groups in total. The van der Waals surface area contributed by atoms with Crippen molar-refractivity contribution in [3.05, 3.63) is 0 Å². The molecule has 0 saturated heterocycles. The van der Waals surface area contributed by atoms with Crippen molar-refractivity contribution in [1.29, 1.82) is 5.26 Å². The van der Waals surface area contributed by atoms with Crippen LogP contribution in [0.1, 0.15) is 59.8 Å². The van der Waals surface area contributed by atoms with Crippen LogP contribution in [0.4, 0.5) is 0 Å². The molecule has 0 heterocycles. The highest BCUT2D eigenvalue weighted by Gasteiger charge is 2.39. The van der Waals surface area contributed by atoms with E-state index in [0.29, 0.717) is 19.3 Å². The maximum Gasteiger partial charge on any atom is 0.240 e. The van der Waals surface area contributed by atoms with E-state index in [-0.39, 0.29) is 12.5 Å². The monoisotopic (exact) mass is 254 g/mol. The summed E-state index contributed by atoms with van der Waals surface area (Å²) in [4.78, 5) is 12.4. The molecule has 4 nitrogen and oxygen atoms in total. The summed E-state index contributed by atoms with van der Waals surface area (Å²) in [6.45, 7) is 7.71. The first-order valence-electron chi connectivity index (χ1n) is 6.72. The molecule has 1 amide bonds. The zero-order chi connectivity index (χ0) is 14.2. The number of carbonyl (C=O) groups excluding carboxylic acids is 1. The van der Waals surface area contributed by atoms with Crippen molar-refractivity contribution >= 4 is 5.91 Å². The molecule has 0 aromatic rings. The standard InChI is InChI=1S/C14H26N2O2/c1-5-7-14(11-15,8-6-2)12(18)16-13(3,4)9-10-17/h17H,5-10H2,1-4H3,(H,16,18). The van der Waals surface area contributed by atoms with Crippen LogP contribution in [0.3, 0.4) is 0 Å². The first-order chi connectivity index (χ1) is 8.37. The lowest BCUT2D eigenvalue weighted by Crippen LogP contribution is -2.50. The highest BCUT2D eigenvalue weighted by atomic mass is 16.3. The number of amides is 1. The molecule has 18 heavy (non-hydrogen) atoms. The Kier molecular flexibility index (Phi) is 6.93. The second-order valence-corrected chi connectivity index (χ2v) is 5.51. The number of hydrogen-bond donors (Lipinski definition) is 2. The first kappa shape index (κ1) is 16.9. The second kappa shape index (κ2) is 7.38. The summed E-state index contributed by atoms with van der Waals surface area (Å²) in [7, 11) is 0. The van der Waals surface area contributed by atoms with Gasteiger partial charge in [-0.2, -0.15) is 5.26 Å². The molecule has 0 atom stereocenters. The Morgan fingerprint density at radius 2 is 1.72 bits per heavy atom. The van der Waals surface area contributed by atoms with Crippen LogP contribution in [0.2, 0.25) is 0 Å². The minimum absolute atomic E-state index is 0.0222. The maximum atomic E-state index is 12.4. The Bertz CT molecular complexity index is 299. The van der Waals surface area contributed by atoms with Gasteiger partial charge in [-0.05, 0) is 33.1 Å². The third-order valence-corrected chi connectivity index (χ3v) is 3.19. The van der Waals surface area contributed by atoms with Crippen LogP contribution < -0.4 is 5.32 Å². The van der Waals surface area contributed by atoms with Crippen LogP contribution in [-0.4, -0.2) is 23.2 Å². The average Bonchev–Trinajstić information content (AvgIpc) is 2.27. The number of rotatable bonds is 8. The predicted octanol–water partition coefficient (Wildman–Crippen LogP) is 2.37. The molecule has 0 unspecified atom stereocenters. The minimum atomic E-state index is -0.920. The van der Waals surface area contributed by atoms with Gasteiger partial charge in [0.2, 0.25) is 5.91 Å². The van der Waals surface area contributed by atoms with E-state index in [9.17, 15) is 10.1 Å². The van der Waals surface area contributed by atoms with Gasteiger partial charge in [0.15, 0.2) is 0 Å². The third kappa shape index (κ3) is 4.66. The Balaban J connectivity index is 4.92. The highest BCUT2D eigenvalue weighted by Crippen LogP contribution is 2.30. The van der Waals surface area contributed by atoms with Gasteiger partial charge in [-0.25, -0.2) is 0 Å². The predicted molar refractivity (Wildman–Crippen MR) is 71.8 cm³/mol. The molecule has 0 saturated carbocycles. The Labute approximate surface area is 110 Å². The molecule has 0 aliphatic rings. The van der Waals surface area contributed by atoms with Gasteiger partial charge in [0.25, 0.3) is 0 Å². The first-order valence-corrected chi connectivity index (χ1v) is 6.72. The van der Waals surface area contributed by atoms with Crippen LogP contribution in [0.15, 0.2) is 0 Å². The third-order valence-electron chi connectivity index (χ3n) is 3.19. The summed E-state index contributed by atoms with van der Waals surface area (Å²) in [5.41, 5.74) is -1.40. The van der Waals surface area contributed by atoms with Crippen molar-refractivity contribution in [3.8, 4) is 6.07 Å². The molecule has 4 heteroatoms. The fourth-order valence-corrected chi connectivity index (χ4v) is 2.14. The number of nitrogens with zero attached hydrogens (tertiary/aromatic N) is 1. The molecule has 0 aliphatic heterocycles.